The molecule has 1 aromatic rings. The summed E-state index contributed by atoms with van der Waals surface area (Å²) in [6, 6.07) is 11.2. The fourth-order valence-electron chi connectivity index (χ4n) is 5.33. The van der Waals surface area contributed by atoms with E-state index in [-0.39, 0.29) is 5.54 Å². The minimum Gasteiger partial charge on any atom is -0.303 e. The van der Waals surface area contributed by atoms with Crippen LogP contribution in [0.15, 0.2) is 30.3 Å². The molecule has 2 saturated carbocycles. The first-order chi connectivity index (χ1) is 11.6. The molecule has 0 bridgehead atoms. The molecule has 0 atom stereocenters. The van der Waals surface area contributed by atoms with Gasteiger partial charge in [0.05, 0.1) is 0 Å². The van der Waals surface area contributed by atoms with E-state index in [1.54, 1.807) is 0 Å². The van der Waals surface area contributed by atoms with Gasteiger partial charge in [-0.3, -0.25) is 4.90 Å². The Bertz CT molecular complexity index is 538. The first-order valence-corrected chi connectivity index (χ1v) is 10.1. The molecule has 1 aliphatic heterocycles. The lowest BCUT2D eigenvalue weighted by Crippen LogP contribution is -2.47. The molecule has 2 heteroatoms. The van der Waals surface area contributed by atoms with Crippen LogP contribution in [-0.2, 0) is 5.54 Å². The third-order valence-corrected chi connectivity index (χ3v) is 7.37. The quantitative estimate of drug-likeness (QED) is 0.785. The summed E-state index contributed by atoms with van der Waals surface area (Å²) in [5.41, 5.74) is 2.40. The zero-order valence-electron chi connectivity index (χ0n) is 15.6. The molecule has 0 unspecified atom stereocenters. The van der Waals surface area contributed by atoms with Gasteiger partial charge in [-0.25, -0.2) is 0 Å². The topological polar surface area (TPSA) is 6.48 Å². The number of likely N-dealkylation sites (tertiary alicyclic amines) is 1. The highest BCUT2D eigenvalue weighted by atomic mass is 15.2. The van der Waals surface area contributed by atoms with Crippen LogP contribution in [0.1, 0.15) is 56.9 Å². The maximum absolute atomic E-state index is 2.78. The van der Waals surface area contributed by atoms with Gasteiger partial charge in [-0.05, 0) is 82.6 Å². The van der Waals surface area contributed by atoms with Gasteiger partial charge in [-0.2, -0.15) is 0 Å². The average molecular weight is 327 g/mol. The minimum absolute atomic E-state index is 0.258. The van der Waals surface area contributed by atoms with Crippen LogP contribution < -0.4 is 0 Å². The van der Waals surface area contributed by atoms with Crippen molar-refractivity contribution in [3.05, 3.63) is 35.9 Å². The lowest BCUT2D eigenvalue weighted by atomic mass is 9.64. The van der Waals surface area contributed by atoms with Crippen molar-refractivity contribution in [2.75, 3.05) is 33.7 Å². The highest BCUT2D eigenvalue weighted by Gasteiger charge is 2.47. The van der Waals surface area contributed by atoms with E-state index in [1.807, 2.05) is 0 Å². The normalized spacial score (nSPS) is 34.3. The molecule has 4 rings (SSSR count). The Morgan fingerprint density at radius 2 is 1.71 bits per heavy atom. The Balaban J connectivity index is 1.41. The van der Waals surface area contributed by atoms with E-state index in [0.29, 0.717) is 5.41 Å². The summed E-state index contributed by atoms with van der Waals surface area (Å²) in [6.07, 6.45) is 11.3. The molecule has 24 heavy (non-hydrogen) atoms. The highest BCUT2D eigenvalue weighted by molar-refractivity contribution is 5.26. The number of nitrogens with zero attached hydrogens (tertiary/aromatic N) is 2. The molecule has 0 N–H and O–H groups in total. The van der Waals surface area contributed by atoms with Crippen molar-refractivity contribution in [3.8, 4) is 0 Å². The van der Waals surface area contributed by atoms with Crippen LogP contribution in [0.5, 0.6) is 0 Å². The Labute approximate surface area is 148 Å². The number of rotatable bonds is 5. The molecule has 1 heterocycles. The van der Waals surface area contributed by atoms with Crippen molar-refractivity contribution in [2.45, 2.75) is 56.9 Å². The van der Waals surface area contributed by atoms with E-state index >= 15 is 0 Å². The maximum atomic E-state index is 2.78. The third-order valence-electron chi connectivity index (χ3n) is 7.37. The number of hydrogen-bond donors (Lipinski definition) is 0. The summed E-state index contributed by atoms with van der Waals surface area (Å²) < 4.78 is 0. The molecule has 1 spiro atoms. The standard InChI is InChI=1S/C22H34N2/c1-23(2)22(20-6-4-3-5-7-20)13-11-21(12-14-22)15-17-24(18-21)16-10-19-8-9-19/h3-7,19H,8-18H2,1-2H3. The summed E-state index contributed by atoms with van der Waals surface area (Å²) in [5, 5.41) is 0. The molecule has 0 radical (unpaired) electrons. The lowest BCUT2D eigenvalue weighted by molar-refractivity contribution is 0.0381. The van der Waals surface area contributed by atoms with Crippen LogP contribution in [0.25, 0.3) is 0 Å². The summed E-state index contributed by atoms with van der Waals surface area (Å²) in [6.45, 7) is 4.09. The van der Waals surface area contributed by atoms with Crippen molar-refractivity contribution in [3.63, 3.8) is 0 Å². The molecular weight excluding hydrogens is 292 g/mol. The van der Waals surface area contributed by atoms with Gasteiger partial charge in [0.1, 0.15) is 0 Å². The zero-order chi connectivity index (χ0) is 16.6. The van der Waals surface area contributed by atoms with E-state index in [1.165, 1.54) is 76.6 Å². The van der Waals surface area contributed by atoms with Gasteiger partial charge in [0, 0.05) is 12.1 Å². The fraction of sp³-hybridized carbons (Fsp3) is 0.727. The van der Waals surface area contributed by atoms with Gasteiger partial charge < -0.3 is 4.90 Å². The molecule has 2 nitrogen and oxygen atoms in total. The van der Waals surface area contributed by atoms with Gasteiger partial charge in [0.15, 0.2) is 0 Å². The Morgan fingerprint density at radius 1 is 1.00 bits per heavy atom. The number of benzene rings is 1. The summed E-state index contributed by atoms with van der Waals surface area (Å²) in [7, 11) is 4.56. The van der Waals surface area contributed by atoms with Crippen LogP contribution in [0.2, 0.25) is 0 Å². The van der Waals surface area contributed by atoms with Crippen molar-refractivity contribution in [2.24, 2.45) is 11.3 Å². The SMILES string of the molecule is CN(C)C1(c2ccccc2)CCC2(CCN(CCC3CC3)C2)CC1. The summed E-state index contributed by atoms with van der Waals surface area (Å²) in [4.78, 5) is 5.28. The minimum atomic E-state index is 0.258. The van der Waals surface area contributed by atoms with Crippen molar-refractivity contribution < 1.29 is 0 Å². The molecule has 0 amide bonds. The van der Waals surface area contributed by atoms with E-state index in [2.05, 4.69) is 54.2 Å². The Morgan fingerprint density at radius 3 is 2.33 bits per heavy atom. The van der Waals surface area contributed by atoms with Crippen LogP contribution in [0.4, 0.5) is 0 Å². The second kappa shape index (κ2) is 6.46. The smallest absolute Gasteiger partial charge is 0.0455 e. The maximum Gasteiger partial charge on any atom is 0.0455 e. The van der Waals surface area contributed by atoms with E-state index in [4.69, 9.17) is 0 Å². The van der Waals surface area contributed by atoms with Crippen LogP contribution in [-0.4, -0.2) is 43.5 Å². The van der Waals surface area contributed by atoms with Crippen molar-refractivity contribution in [1.82, 2.24) is 9.80 Å². The lowest BCUT2D eigenvalue weighted by Gasteiger charge is -2.49. The highest BCUT2D eigenvalue weighted by Crippen LogP contribution is 2.51. The van der Waals surface area contributed by atoms with Gasteiger partial charge >= 0.3 is 0 Å². The van der Waals surface area contributed by atoms with Gasteiger partial charge in [-0.15, -0.1) is 0 Å². The fourth-order valence-corrected chi connectivity index (χ4v) is 5.33. The van der Waals surface area contributed by atoms with Crippen LogP contribution >= 0.6 is 0 Å². The monoisotopic (exact) mass is 326 g/mol. The third kappa shape index (κ3) is 3.15. The average Bonchev–Trinajstić information content (AvgIpc) is 3.36. The van der Waals surface area contributed by atoms with E-state index in [0.717, 1.165) is 5.92 Å². The van der Waals surface area contributed by atoms with Crippen molar-refractivity contribution in [1.29, 1.82) is 0 Å². The second-order valence-corrected chi connectivity index (χ2v) is 9.05. The molecule has 0 aromatic heterocycles. The molecule has 2 aliphatic carbocycles. The van der Waals surface area contributed by atoms with Gasteiger partial charge in [-0.1, -0.05) is 43.2 Å². The van der Waals surface area contributed by atoms with Gasteiger partial charge in [0.25, 0.3) is 0 Å². The predicted molar refractivity (Wildman–Crippen MR) is 101 cm³/mol. The van der Waals surface area contributed by atoms with Crippen molar-refractivity contribution >= 4 is 0 Å². The van der Waals surface area contributed by atoms with Crippen LogP contribution in [0, 0.1) is 11.3 Å². The predicted octanol–water partition coefficient (Wildman–Crippen LogP) is 4.51. The van der Waals surface area contributed by atoms with Crippen LogP contribution in [0.3, 0.4) is 0 Å². The second-order valence-electron chi connectivity index (χ2n) is 9.05. The zero-order valence-corrected chi connectivity index (χ0v) is 15.6. The molecule has 3 fully saturated rings. The summed E-state index contributed by atoms with van der Waals surface area (Å²) in [5.74, 6) is 1.08. The van der Waals surface area contributed by atoms with Gasteiger partial charge in [0.2, 0.25) is 0 Å². The molecule has 3 aliphatic rings. The molecular formula is C22H34N2. The summed E-state index contributed by atoms with van der Waals surface area (Å²) >= 11 is 0. The number of hydrogen-bond acceptors (Lipinski definition) is 2. The Hall–Kier alpha value is -0.860. The molecule has 1 saturated heterocycles. The first-order valence-electron chi connectivity index (χ1n) is 10.1. The molecule has 132 valence electrons. The van der Waals surface area contributed by atoms with E-state index < -0.39 is 0 Å². The first kappa shape index (κ1) is 16.6. The van der Waals surface area contributed by atoms with E-state index in [9.17, 15) is 0 Å². The molecule has 1 aromatic carbocycles. The Kier molecular flexibility index (Phi) is 4.47. The largest absolute Gasteiger partial charge is 0.303 e.